The molecule has 0 aliphatic carbocycles. The van der Waals surface area contributed by atoms with Crippen LogP contribution >= 0.6 is 11.3 Å². The van der Waals surface area contributed by atoms with Crippen molar-refractivity contribution in [2.75, 3.05) is 19.4 Å². The lowest BCUT2D eigenvalue weighted by molar-refractivity contribution is -0.106. The summed E-state index contributed by atoms with van der Waals surface area (Å²) in [5.41, 5.74) is 14.5. The minimum absolute atomic E-state index is 0.250. The Morgan fingerprint density at radius 2 is 1.71 bits per heavy atom. The number of rotatable bonds is 10. The van der Waals surface area contributed by atoms with Gasteiger partial charge >= 0.3 is 0 Å². The van der Waals surface area contributed by atoms with Gasteiger partial charge in [-0.3, -0.25) is 9.78 Å². The number of fused-ring (bicyclic) bond motifs is 1. The normalized spacial score (nSPS) is 10.8. The Balaban J connectivity index is 0.000000345. The van der Waals surface area contributed by atoms with E-state index in [0.717, 1.165) is 36.9 Å². The summed E-state index contributed by atoms with van der Waals surface area (Å²) in [5, 5.41) is 3.13. The van der Waals surface area contributed by atoms with E-state index in [0.29, 0.717) is 5.92 Å². The molecular formula is C39H54N4OS. The lowest BCUT2D eigenvalue weighted by Crippen LogP contribution is -2.06. The number of aromatic nitrogens is 1. The standard InChI is InChI=1S/C17H22N2S.C11H14.C10H15N.CH3NO/c1-6-10-19(5)13(4)16-11-15-17(20-16)14(8-9-18-15)12(3)7-2;1-3-7-11-9-6-5-8-10(11)4-2;1-4-9-7-10(11-3)6-5-8(9)2;2-1-3/h6,8-12H,4,7H2,1-3,5H3;3,5-6,8-9H,1,4,7H2,2H3;5-7,11H,4H2,1-3H3;1H,(H2,2,3)/b10-6-;;;. The van der Waals surface area contributed by atoms with Crippen molar-refractivity contribution < 1.29 is 4.79 Å². The Labute approximate surface area is 276 Å². The Kier molecular flexibility index (Phi) is 18.6. The van der Waals surface area contributed by atoms with Gasteiger partial charge in [-0.05, 0) is 104 Å². The van der Waals surface area contributed by atoms with Gasteiger partial charge < -0.3 is 16.0 Å². The third kappa shape index (κ3) is 12.4. The second-order valence-electron chi connectivity index (χ2n) is 10.6. The van der Waals surface area contributed by atoms with Gasteiger partial charge in [0.05, 0.1) is 20.8 Å². The summed E-state index contributed by atoms with van der Waals surface area (Å²) in [4.78, 5) is 16.3. The Morgan fingerprint density at radius 3 is 2.27 bits per heavy atom. The number of thiophene rings is 1. The van der Waals surface area contributed by atoms with Crippen LogP contribution in [0.4, 0.5) is 5.69 Å². The molecule has 2 aromatic carbocycles. The first-order chi connectivity index (χ1) is 21.6. The number of amides is 1. The quantitative estimate of drug-likeness (QED) is 0.136. The molecule has 6 heteroatoms. The Hall–Kier alpha value is -4.16. The summed E-state index contributed by atoms with van der Waals surface area (Å²) in [5.74, 6) is 0.563. The van der Waals surface area contributed by atoms with Gasteiger partial charge in [0.15, 0.2) is 0 Å². The number of nitrogens with two attached hydrogens (primary N) is 1. The van der Waals surface area contributed by atoms with E-state index < -0.39 is 0 Å². The van der Waals surface area contributed by atoms with Gasteiger partial charge in [0.25, 0.3) is 0 Å². The van der Waals surface area contributed by atoms with Crippen molar-refractivity contribution in [1.29, 1.82) is 0 Å². The molecular weight excluding hydrogens is 573 g/mol. The lowest BCUT2D eigenvalue weighted by Gasteiger charge is -2.15. The van der Waals surface area contributed by atoms with Gasteiger partial charge in [-0.25, -0.2) is 0 Å². The summed E-state index contributed by atoms with van der Waals surface area (Å²) in [6, 6.07) is 19.3. The average molecular weight is 627 g/mol. The molecule has 0 bridgehead atoms. The molecule has 1 unspecified atom stereocenters. The molecule has 5 nitrogen and oxygen atoms in total. The molecule has 0 fully saturated rings. The number of pyridine rings is 1. The maximum atomic E-state index is 8.58. The molecule has 2 heterocycles. The van der Waals surface area contributed by atoms with Gasteiger partial charge in [0, 0.05) is 26.0 Å². The lowest BCUT2D eigenvalue weighted by atomic mass is 9.99. The fourth-order valence-electron chi connectivity index (χ4n) is 4.66. The number of anilines is 1. The number of benzene rings is 2. The first-order valence-electron chi connectivity index (χ1n) is 15.7. The first-order valence-corrected chi connectivity index (χ1v) is 16.5. The minimum atomic E-state index is 0.250. The fourth-order valence-corrected chi connectivity index (χ4v) is 5.92. The highest BCUT2D eigenvalue weighted by Crippen LogP contribution is 2.35. The van der Waals surface area contributed by atoms with Crippen LogP contribution in [0, 0.1) is 6.92 Å². The SMILES string of the molecule is C=C(c1cc2nccc(C(C)CC)c2s1)N(C)/C=C\C.C=CCc1ccccc1CC.CCc1cc(NC)ccc1C.NC=O. The topological polar surface area (TPSA) is 71.2 Å². The molecule has 4 aromatic rings. The highest BCUT2D eigenvalue weighted by Gasteiger charge is 2.14. The van der Waals surface area contributed by atoms with E-state index in [1.54, 1.807) is 11.3 Å². The van der Waals surface area contributed by atoms with E-state index >= 15 is 0 Å². The van der Waals surface area contributed by atoms with Crippen molar-refractivity contribution in [2.24, 2.45) is 5.73 Å². The molecule has 1 atom stereocenters. The zero-order valence-electron chi connectivity index (χ0n) is 28.7. The zero-order chi connectivity index (χ0) is 33.8. The largest absolute Gasteiger partial charge is 0.388 e. The number of nitrogens with zero attached hydrogens (tertiary/aromatic N) is 2. The zero-order valence-corrected chi connectivity index (χ0v) is 29.5. The molecule has 242 valence electrons. The summed E-state index contributed by atoms with van der Waals surface area (Å²) in [7, 11) is 3.97. The number of hydrogen-bond donors (Lipinski definition) is 2. The number of allylic oxidation sites excluding steroid dienone is 2. The van der Waals surface area contributed by atoms with Crippen LogP contribution in [-0.4, -0.2) is 30.4 Å². The third-order valence-corrected chi connectivity index (χ3v) is 8.77. The summed E-state index contributed by atoms with van der Waals surface area (Å²) in [6.45, 7) is 20.9. The molecule has 1 amide bonds. The summed E-state index contributed by atoms with van der Waals surface area (Å²) >= 11 is 1.79. The summed E-state index contributed by atoms with van der Waals surface area (Å²) in [6.07, 6.45) is 12.5. The summed E-state index contributed by atoms with van der Waals surface area (Å²) < 4.78 is 1.30. The number of nitrogens with one attached hydrogen (secondary N) is 1. The highest BCUT2D eigenvalue weighted by molar-refractivity contribution is 7.20. The fraction of sp³-hybridized carbons (Fsp3) is 0.333. The van der Waals surface area contributed by atoms with E-state index in [2.05, 4.69) is 118 Å². The molecule has 0 saturated carbocycles. The number of carbonyl (C=O) groups excluding carboxylic acids is 1. The van der Waals surface area contributed by atoms with E-state index in [4.69, 9.17) is 4.79 Å². The van der Waals surface area contributed by atoms with Crippen molar-refractivity contribution in [3.05, 3.63) is 125 Å². The average Bonchev–Trinajstić information content (AvgIpc) is 3.50. The molecule has 2 aromatic heterocycles. The highest BCUT2D eigenvalue weighted by atomic mass is 32.1. The second-order valence-corrected chi connectivity index (χ2v) is 11.6. The van der Waals surface area contributed by atoms with Crippen LogP contribution in [0.15, 0.2) is 92.3 Å². The molecule has 0 aliphatic heterocycles. The monoisotopic (exact) mass is 626 g/mol. The van der Waals surface area contributed by atoms with E-state index in [1.807, 2.05) is 50.5 Å². The van der Waals surface area contributed by atoms with E-state index in [9.17, 15) is 0 Å². The van der Waals surface area contributed by atoms with Crippen LogP contribution < -0.4 is 11.1 Å². The van der Waals surface area contributed by atoms with Crippen molar-refractivity contribution in [3.8, 4) is 0 Å². The van der Waals surface area contributed by atoms with Gasteiger partial charge in [0.2, 0.25) is 6.41 Å². The Bertz CT molecular complexity index is 1500. The molecule has 0 spiro atoms. The Morgan fingerprint density at radius 1 is 1.07 bits per heavy atom. The number of primary amides is 1. The van der Waals surface area contributed by atoms with Crippen LogP contribution in [0.5, 0.6) is 0 Å². The van der Waals surface area contributed by atoms with Gasteiger partial charge in [0.1, 0.15) is 0 Å². The second kappa shape index (κ2) is 21.5. The first kappa shape index (κ1) is 38.9. The number of carbonyl (C=O) groups is 1. The van der Waals surface area contributed by atoms with Crippen molar-refractivity contribution in [1.82, 2.24) is 9.88 Å². The molecule has 0 aliphatic rings. The molecule has 0 radical (unpaired) electrons. The maximum Gasteiger partial charge on any atom is 0.204 e. The third-order valence-electron chi connectivity index (χ3n) is 7.55. The smallest absolute Gasteiger partial charge is 0.204 e. The van der Waals surface area contributed by atoms with E-state index in [1.165, 1.54) is 43.1 Å². The van der Waals surface area contributed by atoms with E-state index in [-0.39, 0.29) is 6.41 Å². The van der Waals surface area contributed by atoms with Crippen LogP contribution in [-0.2, 0) is 24.1 Å². The predicted molar refractivity (Wildman–Crippen MR) is 200 cm³/mol. The number of hydrogen-bond acceptors (Lipinski definition) is 5. The van der Waals surface area contributed by atoms with Crippen molar-refractivity contribution >= 4 is 39.3 Å². The van der Waals surface area contributed by atoms with Crippen LogP contribution in [0.1, 0.15) is 79.7 Å². The molecule has 3 N–H and O–H groups in total. The van der Waals surface area contributed by atoms with Crippen molar-refractivity contribution in [2.45, 2.75) is 73.1 Å². The van der Waals surface area contributed by atoms with Crippen LogP contribution in [0.25, 0.3) is 15.9 Å². The van der Waals surface area contributed by atoms with Crippen LogP contribution in [0.2, 0.25) is 0 Å². The molecule has 4 rings (SSSR count). The predicted octanol–water partition coefficient (Wildman–Crippen LogP) is 9.92. The maximum absolute atomic E-state index is 8.58. The molecule has 45 heavy (non-hydrogen) atoms. The number of aryl methyl sites for hydroxylation is 3. The minimum Gasteiger partial charge on any atom is -0.388 e. The van der Waals surface area contributed by atoms with Gasteiger partial charge in [-0.1, -0.05) is 76.8 Å². The van der Waals surface area contributed by atoms with Crippen molar-refractivity contribution in [3.63, 3.8) is 0 Å². The van der Waals surface area contributed by atoms with Gasteiger partial charge in [-0.15, -0.1) is 17.9 Å². The molecule has 0 saturated heterocycles. The van der Waals surface area contributed by atoms with Crippen LogP contribution in [0.3, 0.4) is 0 Å². The van der Waals surface area contributed by atoms with Gasteiger partial charge in [-0.2, -0.15) is 0 Å².